The molecule has 1 amide bonds. The van der Waals surface area contributed by atoms with E-state index < -0.39 is 6.10 Å². The minimum Gasteiger partial charge on any atom is -0.453 e. The van der Waals surface area contributed by atoms with Crippen molar-refractivity contribution in [3.05, 3.63) is 78.4 Å². The quantitative estimate of drug-likeness (QED) is 0.675. The van der Waals surface area contributed by atoms with E-state index in [2.05, 4.69) is 5.32 Å². The first kappa shape index (κ1) is 17.7. The van der Waals surface area contributed by atoms with Gasteiger partial charge < -0.3 is 10.1 Å². The Bertz CT molecular complexity index is 900. The molecular weight excluding hydrogens is 326 g/mol. The molecule has 3 rings (SSSR count). The molecule has 0 aliphatic heterocycles. The third kappa shape index (κ3) is 4.48. The molecule has 0 spiro atoms. The van der Waals surface area contributed by atoms with Gasteiger partial charge in [-0.1, -0.05) is 66.7 Å². The van der Waals surface area contributed by atoms with Crippen LogP contribution in [-0.4, -0.2) is 18.0 Å². The molecule has 0 fully saturated rings. The normalized spacial score (nSPS) is 11.7. The van der Waals surface area contributed by atoms with Crippen molar-refractivity contribution in [2.75, 3.05) is 5.32 Å². The number of hydrogen-bond acceptors (Lipinski definition) is 3. The number of hydrogen-bond donors (Lipinski definition) is 1. The number of nitrogens with one attached hydrogen (secondary N) is 1. The predicted molar refractivity (Wildman–Crippen MR) is 103 cm³/mol. The molecule has 26 heavy (non-hydrogen) atoms. The summed E-state index contributed by atoms with van der Waals surface area (Å²) in [4.78, 5) is 24.4. The standard InChI is InChI=1S/C22H21NO3/c1-16(26-21(24)15-14-17-8-3-2-4-9-17)22(25)23-20-13-7-11-18-10-5-6-12-19(18)20/h2-13,16H,14-15H2,1H3,(H,23,25)/t16-/m0/s1. The molecule has 0 saturated carbocycles. The van der Waals surface area contributed by atoms with Crippen molar-refractivity contribution in [2.45, 2.75) is 25.9 Å². The number of amides is 1. The summed E-state index contributed by atoms with van der Waals surface area (Å²) in [7, 11) is 0. The van der Waals surface area contributed by atoms with Crippen molar-refractivity contribution >= 4 is 28.3 Å². The van der Waals surface area contributed by atoms with E-state index in [1.54, 1.807) is 6.92 Å². The summed E-state index contributed by atoms with van der Waals surface area (Å²) in [6, 6.07) is 23.2. The smallest absolute Gasteiger partial charge is 0.306 e. The lowest BCUT2D eigenvalue weighted by molar-refractivity contribution is -0.153. The number of fused-ring (bicyclic) bond motifs is 1. The Balaban J connectivity index is 1.56. The Morgan fingerprint density at radius 3 is 2.42 bits per heavy atom. The Morgan fingerprint density at radius 1 is 0.923 bits per heavy atom. The first-order valence-electron chi connectivity index (χ1n) is 8.65. The van der Waals surface area contributed by atoms with Gasteiger partial charge in [-0.25, -0.2) is 0 Å². The van der Waals surface area contributed by atoms with Crippen molar-refractivity contribution in [1.29, 1.82) is 0 Å². The molecule has 0 aromatic heterocycles. The fourth-order valence-electron chi connectivity index (χ4n) is 2.77. The second-order valence-electron chi connectivity index (χ2n) is 6.13. The average Bonchev–Trinajstić information content (AvgIpc) is 2.67. The highest BCUT2D eigenvalue weighted by Crippen LogP contribution is 2.23. The number of benzene rings is 3. The topological polar surface area (TPSA) is 55.4 Å². The van der Waals surface area contributed by atoms with Gasteiger partial charge in [-0.2, -0.15) is 0 Å². The van der Waals surface area contributed by atoms with Crippen molar-refractivity contribution in [1.82, 2.24) is 0 Å². The van der Waals surface area contributed by atoms with E-state index in [9.17, 15) is 9.59 Å². The molecule has 1 atom stereocenters. The first-order valence-corrected chi connectivity index (χ1v) is 8.65. The fourth-order valence-corrected chi connectivity index (χ4v) is 2.77. The van der Waals surface area contributed by atoms with Crippen molar-refractivity contribution in [3.63, 3.8) is 0 Å². The summed E-state index contributed by atoms with van der Waals surface area (Å²) >= 11 is 0. The van der Waals surface area contributed by atoms with Crippen molar-refractivity contribution < 1.29 is 14.3 Å². The Labute approximate surface area is 152 Å². The summed E-state index contributed by atoms with van der Waals surface area (Å²) < 4.78 is 5.27. The zero-order valence-corrected chi connectivity index (χ0v) is 14.6. The van der Waals surface area contributed by atoms with Crippen LogP contribution >= 0.6 is 0 Å². The third-order valence-electron chi connectivity index (χ3n) is 4.19. The molecule has 3 aromatic carbocycles. The van der Waals surface area contributed by atoms with Crippen LogP contribution in [0.5, 0.6) is 0 Å². The zero-order valence-electron chi connectivity index (χ0n) is 14.6. The molecule has 0 aliphatic carbocycles. The number of aryl methyl sites for hydroxylation is 1. The summed E-state index contributed by atoms with van der Waals surface area (Å²) in [6.07, 6.45) is -0.00926. The molecule has 0 heterocycles. The molecule has 0 bridgehead atoms. The second-order valence-corrected chi connectivity index (χ2v) is 6.13. The fraction of sp³-hybridized carbons (Fsp3) is 0.182. The van der Waals surface area contributed by atoms with Gasteiger partial charge in [-0.3, -0.25) is 9.59 Å². The zero-order chi connectivity index (χ0) is 18.4. The molecular formula is C22H21NO3. The van der Waals surface area contributed by atoms with E-state index in [4.69, 9.17) is 4.74 Å². The maximum atomic E-state index is 12.4. The van der Waals surface area contributed by atoms with E-state index in [1.165, 1.54) is 0 Å². The van der Waals surface area contributed by atoms with E-state index >= 15 is 0 Å². The van der Waals surface area contributed by atoms with Gasteiger partial charge in [0.05, 0.1) is 0 Å². The van der Waals surface area contributed by atoms with Gasteiger partial charge in [-0.15, -0.1) is 0 Å². The summed E-state index contributed by atoms with van der Waals surface area (Å²) in [5.41, 5.74) is 1.78. The number of ether oxygens (including phenoxy) is 1. The van der Waals surface area contributed by atoms with Crippen LogP contribution in [-0.2, 0) is 20.7 Å². The Kier molecular flexibility index (Phi) is 5.64. The lowest BCUT2D eigenvalue weighted by Gasteiger charge is -2.14. The third-order valence-corrected chi connectivity index (χ3v) is 4.19. The number of carbonyl (C=O) groups excluding carboxylic acids is 2. The lowest BCUT2D eigenvalue weighted by atomic mass is 10.1. The molecule has 0 unspecified atom stereocenters. The van der Waals surface area contributed by atoms with Crippen LogP contribution in [0.3, 0.4) is 0 Å². The largest absolute Gasteiger partial charge is 0.453 e. The maximum Gasteiger partial charge on any atom is 0.306 e. The SMILES string of the molecule is C[C@H](OC(=O)CCc1ccccc1)C(=O)Nc1cccc2ccccc12. The maximum absolute atomic E-state index is 12.4. The van der Waals surface area contributed by atoms with Gasteiger partial charge >= 0.3 is 5.97 Å². The minimum absolute atomic E-state index is 0.246. The first-order chi connectivity index (χ1) is 12.6. The number of carbonyl (C=O) groups is 2. The number of anilines is 1. The van der Waals surface area contributed by atoms with Crippen LogP contribution in [0.2, 0.25) is 0 Å². The van der Waals surface area contributed by atoms with E-state index in [0.29, 0.717) is 12.1 Å². The van der Waals surface area contributed by atoms with Crippen LogP contribution in [0.4, 0.5) is 5.69 Å². The van der Waals surface area contributed by atoms with Crippen LogP contribution in [0.15, 0.2) is 72.8 Å². The molecule has 3 aromatic rings. The van der Waals surface area contributed by atoms with Gasteiger partial charge in [0.15, 0.2) is 6.10 Å². The van der Waals surface area contributed by atoms with Gasteiger partial charge in [0.1, 0.15) is 0 Å². The molecule has 4 nitrogen and oxygen atoms in total. The van der Waals surface area contributed by atoms with Crippen LogP contribution in [0.25, 0.3) is 10.8 Å². The van der Waals surface area contributed by atoms with Crippen molar-refractivity contribution in [2.24, 2.45) is 0 Å². The molecule has 0 aliphatic rings. The van der Waals surface area contributed by atoms with Crippen LogP contribution in [0.1, 0.15) is 18.9 Å². The minimum atomic E-state index is -0.850. The molecule has 0 radical (unpaired) electrons. The predicted octanol–water partition coefficient (Wildman–Crippen LogP) is 4.34. The van der Waals surface area contributed by atoms with Crippen LogP contribution in [0, 0.1) is 0 Å². The second kappa shape index (κ2) is 8.30. The molecule has 132 valence electrons. The van der Waals surface area contributed by atoms with Gasteiger partial charge in [0, 0.05) is 17.5 Å². The molecule has 1 N–H and O–H groups in total. The Morgan fingerprint density at radius 2 is 1.62 bits per heavy atom. The molecule has 0 saturated heterocycles. The Hall–Kier alpha value is -3.14. The highest BCUT2D eigenvalue weighted by Gasteiger charge is 2.18. The number of esters is 1. The van der Waals surface area contributed by atoms with E-state index in [1.807, 2.05) is 72.8 Å². The van der Waals surface area contributed by atoms with Gasteiger partial charge in [0.25, 0.3) is 5.91 Å². The summed E-state index contributed by atoms with van der Waals surface area (Å²) in [5, 5.41) is 4.84. The number of rotatable bonds is 6. The highest BCUT2D eigenvalue weighted by atomic mass is 16.5. The highest BCUT2D eigenvalue weighted by molar-refractivity contribution is 6.03. The summed E-state index contributed by atoms with van der Waals surface area (Å²) in [6.45, 7) is 1.58. The van der Waals surface area contributed by atoms with Gasteiger partial charge in [-0.05, 0) is 30.4 Å². The summed E-state index contributed by atoms with van der Waals surface area (Å²) in [5.74, 6) is -0.719. The lowest BCUT2D eigenvalue weighted by Crippen LogP contribution is -2.30. The molecule has 4 heteroatoms. The van der Waals surface area contributed by atoms with E-state index in [-0.39, 0.29) is 18.3 Å². The monoisotopic (exact) mass is 347 g/mol. The van der Waals surface area contributed by atoms with Crippen LogP contribution < -0.4 is 5.32 Å². The van der Waals surface area contributed by atoms with Gasteiger partial charge in [0.2, 0.25) is 0 Å². The van der Waals surface area contributed by atoms with Crippen molar-refractivity contribution in [3.8, 4) is 0 Å². The average molecular weight is 347 g/mol. The van der Waals surface area contributed by atoms with E-state index in [0.717, 1.165) is 16.3 Å².